The SMILES string of the molecule is CC(C)Cc1cccc(C(C)O)c1. The molecule has 1 aromatic carbocycles. The van der Waals surface area contributed by atoms with Gasteiger partial charge in [0, 0.05) is 0 Å². The number of aliphatic hydroxyl groups excluding tert-OH is 1. The van der Waals surface area contributed by atoms with Crippen molar-refractivity contribution < 1.29 is 5.11 Å². The smallest absolute Gasteiger partial charge is 0.0762 e. The predicted octanol–water partition coefficient (Wildman–Crippen LogP) is 2.94. The quantitative estimate of drug-likeness (QED) is 0.754. The third kappa shape index (κ3) is 3.19. The van der Waals surface area contributed by atoms with Gasteiger partial charge in [0.05, 0.1) is 6.10 Å². The molecule has 0 fully saturated rings. The van der Waals surface area contributed by atoms with E-state index in [4.69, 9.17) is 0 Å². The molecule has 1 atom stereocenters. The van der Waals surface area contributed by atoms with E-state index in [9.17, 15) is 5.11 Å². The Kier molecular flexibility index (Phi) is 3.49. The Morgan fingerprint density at radius 3 is 2.46 bits per heavy atom. The highest BCUT2D eigenvalue weighted by molar-refractivity contribution is 5.25. The summed E-state index contributed by atoms with van der Waals surface area (Å²) in [5, 5.41) is 9.38. The Labute approximate surface area is 80.4 Å². The average molecular weight is 178 g/mol. The van der Waals surface area contributed by atoms with Gasteiger partial charge in [-0.05, 0) is 30.4 Å². The molecule has 1 unspecified atom stereocenters. The molecule has 0 bridgehead atoms. The van der Waals surface area contributed by atoms with E-state index in [0.717, 1.165) is 12.0 Å². The molecule has 0 aromatic heterocycles. The van der Waals surface area contributed by atoms with Crippen molar-refractivity contribution >= 4 is 0 Å². The van der Waals surface area contributed by atoms with Crippen LogP contribution in [0.2, 0.25) is 0 Å². The molecule has 1 rings (SSSR count). The largest absolute Gasteiger partial charge is 0.389 e. The summed E-state index contributed by atoms with van der Waals surface area (Å²) in [6, 6.07) is 8.19. The highest BCUT2D eigenvalue weighted by Gasteiger charge is 2.02. The average Bonchev–Trinajstić information content (AvgIpc) is 2.03. The van der Waals surface area contributed by atoms with Crippen LogP contribution in [0.1, 0.15) is 38.0 Å². The minimum absolute atomic E-state index is 0.355. The van der Waals surface area contributed by atoms with Crippen LogP contribution in [0.3, 0.4) is 0 Å². The van der Waals surface area contributed by atoms with Gasteiger partial charge in [0.1, 0.15) is 0 Å². The third-order valence-electron chi connectivity index (χ3n) is 2.08. The highest BCUT2D eigenvalue weighted by Crippen LogP contribution is 2.15. The van der Waals surface area contributed by atoms with Gasteiger partial charge in [0.15, 0.2) is 0 Å². The van der Waals surface area contributed by atoms with Gasteiger partial charge in [-0.1, -0.05) is 38.1 Å². The molecule has 72 valence electrons. The summed E-state index contributed by atoms with van der Waals surface area (Å²) < 4.78 is 0. The molecule has 0 saturated carbocycles. The molecule has 0 amide bonds. The van der Waals surface area contributed by atoms with Crippen LogP contribution in [-0.4, -0.2) is 5.11 Å². The van der Waals surface area contributed by atoms with E-state index in [1.165, 1.54) is 5.56 Å². The Morgan fingerprint density at radius 2 is 1.92 bits per heavy atom. The fourth-order valence-electron chi connectivity index (χ4n) is 1.45. The van der Waals surface area contributed by atoms with Crippen molar-refractivity contribution in [2.24, 2.45) is 5.92 Å². The molecule has 0 aliphatic heterocycles. The molecule has 0 aliphatic rings. The van der Waals surface area contributed by atoms with Crippen LogP contribution in [0.5, 0.6) is 0 Å². The van der Waals surface area contributed by atoms with Crippen molar-refractivity contribution in [1.82, 2.24) is 0 Å². The van der Waals surface area contributed by atoms with Crippen LogP contribution in [-0.2, 0) is 6.42 Å². The van der Waals surface area contributed by atoms with Crippen molar-refractivity contribution in [2.75, 3.05) is 0 Å². The van der Waals surface area contributed by atoms with Gasteiger partial charge in [-0.25, -0.2) is 0 Å². The summed E-state index contributed by atoms with van der Waals surface area (Å²) >= 11 is 0. The first-order valence-corrected chi connectivity index (χ1v) is 4.86. The third-order valence-corrected chi connectivity index (χ3v) is 2.08. The molecular formula is C12H18O. The predicted molar refractivity (Wildman–Crippen MR) is 55.6 cm³/mol. The van der Waals surface area contributed by atoms with E-state index in [2.05, 4.69) is 26.0 Å². The Bertz CT molecular complexity index is 264. The second-order valence-corrected chi connectivity index (χ2v) is 4.02. The second kappa shape index (κ2) is 4.43. The van der Waals surface area contributed by atoms with Crippen LogP contribution >= 0.6 is 0 Å². The number of hydrogen-bond acceptors (Lipinski definition) is 1. The van der Waals surface area contributed by atoms with Gasteiger partial charge >= 0.3 is 0 Å². The molecule has 1 heteroatoms. The molecule has 0 saturated heterocycles. The minimum Gasteiger partial charge on any atom is -0.389 e. The van der Waals surface area contributed by atoms with Crippen LogP contribution in [0.4, 0.5) is 0 Å². The van der Waals surface area contributed by atoms with Gasteiger partial charge in [-0.2, -0.15) is 0 Å². The molecule has 1 N–H and O–H groups in total. The van der Waals surface area contributed by atoms with E-state index in [1.54, 1.807) is 6.92 Å². The lowest BCUT2D eigenvalue weighted by Crippen LogP contribution is -1.97. The van der Waals surface area contributed by atoms with Gasteiger partial charge in [-0.3, -0.25) is 0 Å². The maximum Gasteiger partial charge on any atom is 0.0762 e. The molecule has 1 aromatic rings. The first kappa shape index (κ1) is 10.3. The fourth-order valence-corrected chi connectivity index (χ4v) is 1.45. The molecule has 0 radical (unpaired) electrons. The van der Waals surface area contributed by atoms with Gasteiger partial charge < -0.3 is 5.11 Å². The summed E-state index contributed by atoms with van der Waals surface area (Å²) in [6.07, 6.45) is 0.729. The normalized spacial score (nSPS) is 13.3. The van der Waals surface area contributed by atoms with Gasteiger partial charge in [0.2, 0.25) is 0 Å². The summed E-state index contributed by atoms with van der Waals surface area (Å²) in [6.45, 7) is 6.21. The summed E-state index contributed by atoms with van der Waals surface area (Å²) in [4.78, 5) is 0. The number of hydrogen-bond donors (Lipinski definition) is 1. The number of rotatable bonds is 3. The van der Waals surface area contributed by atoms with Crippen molar-refractivity contribution in [2.45, 2.75) is 33.3 Å². The zero-order chi connectivity index (χ0) is 9.84. The van der Waals surface area contributed by atoms with Crippen LogP contribution in [0.15, 0.2) is 24.3 Å². The topological polar surface area (TPSA) is 20.2 Å². The molecule has 13 heavy (non-hydrogen) atoms. The Hall–Kier alpha value is -0.820. The van der Waals surface area contributed by atoms with E-state index in [-0.39, 0.29) is 6.10 Å². The standard InChI is InChI=1S/C12H18O/c1-9(2)7-11-5-4-6-12(8-11)10(3)13/h4-6,8-10,13H,7H2,1-3H3. The molecule has 0 heterocycles. The molecular weight excluding hydrogens is 160 g/mol. The lowest BCUT2D eigenvalue weighted by atomic mass is 10.00. The van der Waals surface area contributed by atoms with Gasteiger partial charge in [-0.15, -0.1) is 0 Å². The molecule has 0 aliphatic carbocycles. The maximum absolute atomic E-state index is 9.38. The Balaban J connectivity index is 2.79. The van der Waals surface area contributed by atoms with Crippen molar-refractivity contribution in [3.8, 4) is 0 Å². The lowest BCUT2D eigenvalue weighted by Gasteiger charge is -2.08. The Morgan fingerprint density at radius 1 is 1.23 bits per heavy atom. The van der Waals surface area contributed by atoms with Crippen LogP contribution in [0.25, 0.3) is 0 Å². The zero-order valence-corrected chi connectivity index (χ0v) is 8.62. The van der Waals surface area contributed by atoms with E-state index < -0.39 is 0 Å². The van der Waals surface area contributed by atoms with E-state index >= 15 is 0 Å². The monoisotopic (exact) mass is 178 g/mol. The second-order valence-electron chi connectivity index (χ2n) is 4.02. The van der Waals surface area contributed by atoms with Gasteiger partial charge in [0.25, 0.3) is 0 Å². The first-order valence-electron chi connectivity index (χ1n) is 4.86. The number of benzene rings is 1. The minimum atomic E-state index is -0.355. The summed E-state index contributed by atoms with van der Waals surface area (Å²) in [7, 11) is 0. The van der Waals surface area contributed by atoms with Crippen molar-refractivity contribution in [3.63, 3.8) is 0 Å². The summed E-state index contributed by atoms with van der Waals surface area (Å²) in [5.74, 6) is 0.671. The van der Waals surface area contributed by atoms with Crippen LogP contribution in [0, 0.1) is 5.92 Å². The first-order chi connectivity index (χ1) is 6.09. The fraction of sp³-hybridized carbons (Fsp3) is 0.500. The molecule has 1 nitrogen and oxygen atoms in total. The highest BCUT2D eigenvalue weighted by atomic mass is 16.3. The van der Waals surface area contributed by atoms with Crippen LogP contribution < -0.4 is 0 Å². The number of aliphatic hydroxyl groups is 1. The van der Waals surface area contributed by atoms with Crippen molar-refractivity contribution in [1.29, 1.82) is 0 Å². The lowest BCUT2D eigenvalue weighted by molar-refractivity contribution is 0.199. The van der Waals surface area contributed by atoms with E-state index in [0.29, 0.717) is 5.92 Å². The van der Waals surface area contributed by atoms with Crippen molar-refractivity contribution in [3.05, 3.63) is 35.4 Å². The van der Waals surface area contributed by atoms with E-state index in [1.807, 2.05) is 12.1 Å². The maximum atomic E-state index is 9.38. The summed E-state index contributed by atoms with van der Waals surface area (Å²) in [5.41, 5.74) is 2.33. The molecule has 0 spiro atoms. The zero-order valence-electron chi connectivity index (χ0n) is 8.62.